The number of phenols is 1. The lowest BCUT2D eigenvalue weighted by Gasteiger charge is -1.94. The van der Waals surface area contributed by atoms with Gasteiger partial charge in [0, 0.05) is 19.3 Å². The number of hydrogen-bond acceptors (Lipinski definition) is 3. The minimum atomic E-state index is -0.507. The molecule has 1 aliphatic rings. The van der Waals surface area contributed by atoms with Crippen LogP contribution in [0.25, 0.3) is 0 Å². The van der Waals surface area contributed by atoms with Gasteiger partial charge in [-0.2, -0.15) is 0 Å². The van der Waals surface area contributed by atoms with Gasteiger partial charge in [0.15, 0.2) is 0 Å². The SMILES string of the molecule is C1CCOC1.Nc1cc(O)ccc1F. The quantitative estimate of drug-likeness (QED) is 0.627. The molecule has 1 aliphatic heterocycles. The first kappa shape index (κ1) is 10.8. The first-order valence-corrected chi connectivity index (χ1v) is 4.52. The summed E-state index contributed by atoms with van der Waals surface area (Å²) >= 11 is 0. The maximum Gasteiger partial charge on any atom is 0.146 e. The number of hydrogen-bond donors (Lipinski definition) is 2. The molecule has 1 heterocycles. The summed E-state index contributed by atoms with van der Waals surface area (Å²) in [6.07, 6.45) is 2.56. The molecular formula is C10H14FNO2. The summed E-state index contributed by atoms with van der Waals surface area (Å²) in [4.78, 5) is 0. The van der Waals surface area contributed by atoms with Crippen LogP contribution in [0, 0.1) is 5.82 Å². The van der Waals surface area contributed by atoms with Gasteiger partial charge in [0.1, 0.15) is 11.6 Å². The molecule has 0 bridgehead atoms. The van der Waals surface area contributed by atoms with Gasteiger partial charge in [0.2, 0.25) is 0 Å². The maximum atomic E-state index is 12.3. The molecule has 0 aliphatic carbocycles. The molecule has 0 spiro atoms. The number of nitrogen functional groups attached to an aromatic ring is 1. The van der Waals surface area contributed by atoms with Crippen LogP contribution >= 0.6 is 0 Å². The number of ether oxygens (including phenoxy) is 1. The Labute approximate surface area is 82.3 Å². The molecule has 0 radical (unpaired) electrons. The molecule has 3 nitrogen and oxygen atoms in total. The molecule has 0 atom stereocenters. The number of nitrogens with two attached hydrogens (primary N) is 1. The van der Waals surface area contributed by atoms with Gasteiger partial charge in [-0.05, 0) is 25.0 Å². The molecule has 14 heavy (non-hydrogen) atoms. The zero-order valence-electron chi connectivity index (χ0n) is 7.87. The fourth-order valence-electron chi connectivity index (χ4n) is 1.04. The van der Waals surface area contributed by atoms with Gasteiger partial charge in [-0.1, -0.05) is 0 Å². The number of rotatable bonds is 0. The van der Waals surface area contributed by atoms with Crippen LogP contribution in [0.5, 0.6) is 5.75 Å². The van der Waals surface area contributed by atoms with Crippen molar-refractivity contribution in [2.45, 2.75) is 12.8 Å². The van der Waals surface area contributed by atoms with E-state index in [0.717, 1.165) is 25.3 Å². The lowest BCUT2D eigenvalue weighted by Crippen LogP contribution is -1.87. The Morgan fingerprint density at radius 1 is 1.29 bits per heavy atom. The topological polar surface area (TPSA) is 55.5 Å². The van der Waals surface area contributed by atoms with E-state index < -0.39 is 5.82 Å². The number of aromatic hydroxyl groups is 1. The standard InChI is InChI=1S/C6H6FNO.C4H8O/c7-5-2-1-4(9)3-6(5)8;1-2-4-5-3-1/h1-3,9H,8H2;1-4H2. The predicted molar refractivity (Wildman–Crippen MR) is 52.5 cm³/mol. The van der Waals surface area contributed by atoms with Crippen molar-refractivity contribution in [2.75, 3.05) is 18.9 Å². The molecule has 0 saturated carbocycles. The van der Waals surface area contributed by atoms with E-state index in [-0.39, 0.29) is 11.4 Å². The monoisotopic (exact) mass is 199 g/mol. The van der Waals surface area contributed by atoms with Crippen LogP contribution in [-0.2, 0) is 4.74 Å². The summed E-state index contributed by atoms with van der Waals surface area (Å²) in [6.45, 7) is 2.00. The van der Waals surface area contributed by atoms with Gasteiger partial charge in [-0.3, -0.25) is 0 Å². The molecule has 0 aromatic heterocycles. The zero-order chi connectivity index (χ0) is 10.4. The van der Waals surface area contributed by atoms with Crippen LogP contribution in [0.1, 0.15) is 12.8 Å². The first-order chi connectivity index (χ1) is 6.70. The number of benzene rings is 1. The van der Waals surface area contributed by atoms with Crippen LogP contribution in [0.4, 0.5) is 10.1 Å². The second-order valence-electron chi connectivity index (χ2n) is 3.03. The van der Waals surface area contributed by atoms with Crippen LogP contribution in [0.2, 0.25) is 0 Å². The van der Waals surface area contributed by atoms with Gasteiger partial charge in [-0.15, -0.1) is 0 Å². The van der Waals surface area contributed by atoms with Crippen LogP contribution in [0.15, 0.2) is 18.2 Å². The van der Waals surface area contributed by atoms with Gasteiger partial charge in [0.25, 0.3) is 0 Å². The van der Waals surface area contributed by atoms with Gasteiger partial charge >= 0.3 is 0 Å². The van der Waals surface area contributed by atoms with Crippen molar-refractivity contribution in [1.29, 1.82) is 0 Å². The average molecular weight is 199 g/mol. The van der Waals surface area contributed by atoms with Crippen molar-refractivity contribution in [2.24, 2.45) is 0 Å². The highest BCUT2D eigenvalue weighted by molar-refractivity contribution is 5.44. The highest BCUT2D eigenvalue weighted by Crippen LogP contribution is 2.15. The third-order valence-electron chi connectivity index (χ3n) is 1.81. The second-order valence-corrected chi connectivity index (χ2v) is 3.03. The molecule has 0 unspecified atom stereocenters. The summed E-state index contributed by atoms with van der Waals surface area (Å²) in [5.74, 6) is -0.526. The van der Waals surface area contributed by atoms with Gasteiger partial charge in [-0.25, -0.2) is 4.39 Å². The first-order valence-electron chi connectivity index (χ1n) is 4.52. The molecule has 2 rings (SSSR count). The molecule has 1 fully saturated rings. The summed E-state index contributed by atoms with van der Waals surface area (Å²) in [6, 6.07) is 3.52. The predicted octanol–water partition coefficient (Wildman–Crippen LogP) is 1.91. The van der Waals surface area contributed by atoms with Crippen molar-refractivity contribution in [3.05, 3.63) is 24.0 Å². The van der Waals surface area contributed by atoms with Crippen molar-refractivity contribution < 1.29 is 14.2 Å². The lowest BCUT2D eigenvalue weighted by molar-refractivity contribution is 0.198. The second kappa shape index (κ2) is 5.44. The fourth-order valence-corrected chi connectivity index (χ4v) is 1.04. The third kappa shape index (κ3) is 3.62. The highest BCUT2D eigenvalue weighted by Gasteiger charge is 1.95. The number of halogens is 1. The van der Waals surface area contributed by atoms with Crippen molar-refractivity contribution >= 4 is 5.69 Å². The normalized spacial score (nSPS) is 14.6. The van der Waals surface area contributed by atoms with Crippen LogP contribution < -0.4 is 5.73 Å². The van der Waals surface area contributed by atoms with E-state index in [1.807, 2.05) is 0 Å². The minimum Gasteiger partial charge on any atom is -0.508 e. The molecule has 0 amide bonds. The van der Waals surface area contributed by atoms with E-state index in [4.69, 9.17) is 15.6 Å². The largest absolute Gasteiger partial charge is 0.508 e. The zero-order valence-corrected chi connectivity index (χ0v) is 7.87. The third-order valence-corrected chi connectivity index (χ3v) is 1.81. The van der Waals surface area contributed by atoms with Crippen molar-refractivity contribution in [1.82, 2.24) is 0 Å². The Balaban J connectivity index is 0.000000165. The Bertz CT molecular complexity index is 280. The smallest absolute Gasteiger partial charge is 0.146 e. The number of phenolic OH excluding ortho intramolecular Hbond substituents is 1. The summed E-state index contributed by atoms with van der Waals surface area (Å²) in [5.41, 5.74) is 5.05. The number of anilines is 1. The Hall–Kier alpha value is -1.29. The van der Waals surface area contributed by atoms with Gasteiger partial charge in [0.05, 0.1) is 5.69 Å². The molecule has 1 aromatic rings. The van der Waals surface area contributed by atoms with Gasteiger partial charge < -0.3 is 15.6 Å². The van der Waals surface area contributed by atoms with Crippen LogP contribution in [-0.4, -0.2) is 18.3 Å². The molecule has 4 heteroatoms. The molecule has 3 N–H and O–H groups in total. The Morgan fingerprint density at radius 3 is 2.29 bits per heavy atom. The average Bonchev–Trinajstić information content (AvgIpc) is 2.69. The molecular weight excluding hydrogens is 185 g/mol. The lowest BCUT2D eigenvalue weighted by atomic mass is 10.3. The van der Waals surface area contributed by atoms with Crippen molar-refractivity contribution in [3.8, 4) is 5.75 Å². The van der Waals surface area contributed by atoms with E-state index in [1.165, 1.54) is 18.9 Å². The Morgan fingerprint density at radius 2 is 1.93 bits per heavy atom. The summed E-state index contributed by atoms with van der Waals surface area (Å²) in [5, 5.41) is 8.69. The van der Waals surface area contributed by atoms with E-state index in [1.54, 1.807) is 0 Å². The summed E-state index contributed by atoms with van der Waals surface area (Å²) < 4.78 is 17.2. The van der Waals surface area contributed by atoms with E-state index in [9.17, 15) is 4.39 Å². The molecule has 1 aromatic carbocycles. The minimum absolute atomic E-state index is 0.0195. The molecule has 78 valence electrons. The van der Waals surface area contributed by atoms with E-state index in [0.29, 0.717) is 0 Å². The Kier molecular flexibility index (Phi) is 4.19. The van der Waals surface area contributed by atoms with E-state index in [2.05, 4.69) is 0 Å². The maximum absolute atomic E-state index is 12.3. The van der Waals surface area contributed by atoms with Crippen LogP contribution in [0.3, 0.4) is 0 Å². The fraction of sp³-hybridized carbons (Fsp3) is 0.400. The van der Waals surface area contributed by atoms with E-state index >= 15 is 0 Å². The molecule has 1 saturated heterocycles. The highest BCUT2D eigenvalue weighted by atomic mass is 19.1. The summed E-state index contributed by atoms with van der Waals surface area (Å²) in [7, 11) is 0. The van der Waals surface area contributed by atoms with Crippen molar-refractivity contribution in [3.63, 3.8) is 0 Å².